The highest BCUT2D eigenvalue weighted by atomic mass is 16.5. The molecule has 0 radical (unpaired) electrons. The lowest BCUT2D eigenvalue weighted by Crippen LogP contribution is -2.00. The van der Waals surface area contributed by atoms with E-state index in [-0.39, 0.29) is 0 Å². The van der Waals surface area contributed by atoms with Gasteiger partial charge in [0, 0.05) is 6.42 Å². The van der Waals surface area contributed by atoms with Gasteiger partial charge in [0.2, 0.25) is 0 Å². The molecule has 1 fully saturated rings. The Kier molecular flexibility index (Phi) is 4.95. The Balaban J connectivity index is 2.48. The molecule has 0 N–H and O–H groups in total. The Hall–Kier alpha value is -0.460. The molecule has 0 aromatic carbocycles. The van der Waals surface area contributed by atoms with E-state index in [1.807, 2.05) is 7.11 Å². The third kappa shape index (κ3) is 3.41. The van der Waals surface area contributed by atoms with Gasteiger partial charge in [-0.1, -0.05) is 19.8 Å². The molecule has 1 nitrogen and oxygen atoms in total. The summed E-state index contributed by atoms with van der Waals surface area (Å²) in [4.78, 5) is 0. The average molecular weight is 182 g/mol. The maximum Gasteiger partial charge on any atom is 0.0947 e. The molecule has 0 heterocycles. The zero-order valence-electron chi connectivity index (χ0n) is 9.07. The third-order valence-electron chi connectivity index (χ3n) is 2.86. The molecule has 1 rings (SSSR count). The first-order valence-corrected chi connectivity index (χ1v) is 5.63. The van der Waals surface area contributed by atoms with E-state index in [0.29, 0.717) is 0 Å². The van der Waals surface area contributed by atoms with Gasteiger partial charge < -0.3 is 4.74 Å². The van der Waals surface area contributed by atoms with Crippen LogP contribution in [-0.4, -0.2) is 7.11 Å². The molecule has 0 aromatic heterocycles. The first-order valence-electron chi connectivity index (χ1n) is 5.63. The highest BCUT2D eigenvalue weighted by Crippen LogP contribution is 2.28. The lowest BCUT2D eigenvalue weighted by Gasteiger charge is -2.18. The van der Waals surface area contributed by atoms with Gasteiger partial charge in [-0.3, -0.25) is 0 Å². The van der Waals surface area contributed by atoms with Crippen molar-refractivity contribution in [2.24, 2.45) is 0 Å². The minimum absolute atomic E-state index is 1.16. The van der Waals surface area contributed by atoms with Crippen LogP contribution in [0, 0.1) is 0 Å². The number of hydrogen-bond acceptors (Lipinski definition) is 1. The van der Waals surface area contributed by atoms with E-state index in [1.165, 1.54) is 50.7 Å². The number of allylic oxidation sites excluding steroid dienone is 2. The predicted octanol–water partition coefficient (Wildman–Crippen LogP) is 4.04. The Morgan fingerprint density at radius 3 is 2.46 bits per heavy atom. The molecule has 1 saturated carbocycles. The van der Waals surface area contributed by atoms with Gasteiger partial charge in [-0.05, 0) is 37.7 Å². The number of hydrogen-bond donors (Lipinski definition) is 0. The molecule has 0 amide bonds. The molecule has 0 aromatic rings. The fourth-order valence-electron chi connectivity index (χ4n) is 2.02. The minimum Gasteiger partial charge on any atom is -0.501 e. The normalized spacial score (nSPS) is 17.2. The average Bonchev–Trinajstić information content (AvgIpc) is 2.21. The van der Waals surface area contributed by atoms with Gasteiger partial charge in [0.15, 0.2) is 0 Å². The van der Waals surface area contributed by atoms with Crippen molar-refractivity contribution in [3.63, 3.8) is 0 Å². The van der Waals surface area contributed by atoms with Crippen molar-refractivity contribution in [2.45, 2.75) is 58.3 Å². The number of unbranched alkanes of at least 4 members (excludes halogenated alkanes) is 1. The van der Waals surface area contributed by atoms with Crippen LogP contribution < -0.4 is 0 Å². The second-order valence-electron chi connectivity index (χ2n) is 3.90. The van der Waals surface area contributed by atoms with Crippen LogP contribution in [0.4, 0.5) is 0 Å². The molecule has 0 saturated heterocycles. The quantitative estimate of drug-likeness (QED) is 0.596. The standard InChI is InChI=1S/C12H22O/c1-3-4-10-12(13-2)11-8-6-5-7-9-11/h3-10H2,1-2H3. The lowest BCUT2D eigenvalue weighted by molar-refractivity contribution is 0.264. The van der Waals surface area contributed by atoms with Gasteiger partial charge in [0.25, 0.3) is 0 Å². The summed E-state index contributed by atoms with van der Waals surface area (Å²) in [5.41, 5.74) is 1.60. The third-order valence-corrected chi connectivity index (χ3v) is 2.86. The van der Waals surface area contributed by atoms with Crippen molar-refractivity contribution in [3.05, 3.63) is 11.3 Å². The summed E-state index contributed by atoms with van der Waals surface area (Å²) in [5, 5.41) is 0. The van der Waals surface area contributed by atoms with Gasteiger partial charge in [-0.15, -0.1) is 0 Å². The van der Waals surface area contributed by atoms with Gasteiger partial charge >= 0.3 is 0 Å². The Morgan fingerprint density at radius 2 is 1.92 bits per heavy atom. The lowest BCUT2D eigenvalue weighted by atomic mass is 9.93. The van der Waals surface area contributed by atoms with Crippen molar-refractivity contribution >= 4 is 0 Å². The van der Waals surface area contributed by atoms with E-state index in [2.05, 4.69) is 6.92 Å². The number of methoxy groups -OCH3 is 1. The molecule has 0 aliphatic heterocycles. The van der Waals surface area contributed by atoms with Gasteiger partial charge in [-0.2, -0.15) is 0 Å². The van der Waals surface area contributed by atoms with Crippen molar-refractivity contribution in [3.8, 4) is 0 Å². The molecule has 1 aliphatic carbocycles. The highest BCUT2D eigenvalue weighted by Gasteiger charge is 2.11. The smallest absolute Gasteiger partial charge is 0.0947 e. The molecule has 13 heavy (non-hydrogen) atoms. The maximum absolute atomic E-state index is 5.47. The molecule has 1 aliphatic rings. The van der Waals surface area contributed by atoms with Crippen molar-refractivity contribution in [1.82, 2.24) is 0 Å². The Labute approximate surface area is 82.2 Å². The monoisotopic (exact) mass is 182 g/mol. The fourth-order valence-corrected chi connectivity index (χ4v) is 2.02. The number of ether oxygens (including phenoxy) is 1. The van der Waals surface area contributed by atoms with Crippen LogP contribution in [0.2, 0.25) is 0 Å². The molecule has 0 spiro atoms. The first-order chi connectivity index (χ1) is 6.38. The van der Waals surface area contributed by atoms with Crippen LogP contribution in [-0.2, 0) is 4.74 Å². The highest BCUT2D eigenvalue weighted by molar-refractivity contribution is 5.10. The van der Waals surface area contributed by atoms with Crippen molar-refractivity contribution in [2.75, 3.05) is 7.11 Å². The Bertz CT molecular complexity index is 162. The predicted molar refractivity (Wildman–Crippen MR) is 56.6 cm³/mol. The van der Waals surface area contributed by atoms with Crippen LogP contribution in [0.3, 0.4) is 0 Å². The molecule has 1 heteroatoms. The SMILES string of the molecule is CCCCC(OC)=C1CCCCC1. The summed E-state index contributed by atoms with van der Waals surface area (Å²) in [7, 11) is 1.83. The van der Waals surface area contributed by atoms with Crippen molar-refractivity contribution in [1.29, 1.82) is 0 Å². The Morgan fingerprint density at radius 1 is 1.23 bits per heavy atom. The van der Waals surface area contributed by atoms with Crippen LogP contribution in [0.25, 0.3) is 0 Å². The van der Waals surface area contributed by atoms with Gasteiger partial charge in [0.1, 0.15) is 0 Å². The van der Waals surface area contributed by atoms with E-state index in [1.54, 1.807) is 5.57 Å². The summed E-state index contributed by atoms with van der Waals surface area (Å²) in [6.07, 6.45) is 10.4. The molecule has 76 valence electrons. The van der Waals surface area contributed by atoms with E-state index in [0.717, 1.165) is 6.42 Å². The van der Waals surface area contributed by atoms with Crippen LogP contribution in [0.1, 0.15) is 58.3 Å². The maximum atomic E-state index is 5.47. The molecule has 0 unspecified atom stereocenters. The minimum atomic E-state index is 1.16. The van der Waals surface area contributed by atoms with E-state index >= 15 is 0 Å². The van der Waals surface area contributed by atoms with Gasteiger partial charge in [0.05, 0.1) is 12.9 Å². The zero-order valence-corrected chi connectivity index (χ0v) is 9.07. The van der Waals surface area contributed by atoms with Gasteiger partial charge in [-0.25, -0.2) is 0 Å². The summed E-state index contributed by atoms with van der Waals surface area (Å²) >= 11 is 0. The zero-order chi connectivity index (χ0) is 9.52. The summed E-state index contributed by atoms with van der Waals surface area (Å²) in [6.45, 7) is 2.23. The summed E-state index contributed by atoms with van der Waals surface area (Å²) < 4.78 is 5.47. The van der Waals surface area contributed by atoms with Crippen molar-refractivity contribution < 1.29 is 4.74 Å². The largest absolute Gasteiger partial charge is 0.501 e. The topological polar surface area (TPSA) is 9.23 Å². The summed E-state index contributed by atoms with van der Waals surface area (Å²) in [5.74, 6) is 1.29. The van der Waals surface area contributed by atoms with E-state index < -0.39 is 0 Å². The van der Waals surface area contributed by atoms with E-state index in [9.17, 15) is 0 Å². The second-order valence-corrected chi connectivity index (χ2v) is 3.90. The summed E-state index contributed by atoms with van der Waals surface area (Å²) in [6, 6.07) is 0. The number of rotatable bonds is 4. The molecule has 0 atom stereocenters. The molecular formula is C12H22O. The van der Waals surface area contributed by atoms with E-state index in [4.69, 9.17) is 4.74 Å². The van der Waals surface area contributed by atoms with Crippen LogP contribution in [0.15, 0.2) is 11.3 Å². The first kappa shape index (κ1) is 10.6. The van der Waals surface area contributed by atoms with Crippen LogP contribution >= 0.6 is 0 Å². The second kappa shape index (κ2) is 6.06. The molecular weight excluding hydrogens is 160 g/mol. The molecule has 0 bridgehead atoms. The fraction of sp³-hybridized carbons (Fsp3) is 0.833. The van der Waals surface area contributed by atoms with Crippen LogP contribution in [0.5, 0.6) is 0 Å².